The SMILES string of the molecule is CCCCc1ccnc(OC)c1.O=CO. The number of pyridine rings is 1. The molecule has 1 N–H and O–H groups in total. The van der Waals surface area contributed by atoms with Gasteiger partial charge in [-0.25, -0.2) is 4.98 Å². The molecule has 0 amide bonds. The van der Waals surface area contributed by atoms with Crippen LogP contribution >= 0.6 is 0 Å². The van der Waals surface area contributed by atoms with Gasteiger partial charge in [0, 0.05) is 12.3 Å². The number of hydrogen-bond donors (Lipinski definition) is 1. The second-order valence-corrected chi connectivity index (χ2v) is 2.92. The summed E-state index contributed by atoms with van der Waals surface area (Å²) in [5, 5.41) is 6.89. The number of methoxy groups -OCH3 is 1. The molecule has 0 bridgehead atoms. The van der Waals surface area contributed by atoms with Crippen molar-refractivity contribution in [2.75, 3.05) is 7.11 Å². The van der Waals surface area contributed by atoms with Crippen LogP contribution in [0.1, 0.15) is 25.3 Å². The second-order valence-electron chi connectivity index (χ2n) is 2.92. The minimum absolute atomic E-state index is 0.250. The van der Waals surface area contributed by atoms with Crippen molar-refractivity contribution in [2.45, 2.75) is 26.2 Å². The van der Waals surface area contributed by atoms with E-state index in [1.807, 2.05) is 12.1 Å². The average molecular weight is 211 g/mol. The summed E-state index contributed by atoms with van der Waals surface area (Å²) in [6.45, 7) is 1.94. The van der Waals surface area contributed by atoms with Crippen molar-refractivity contribution in [3.05, 3.63) is 23.9 Å². The highest BCUT2D eigenvalue weighted by Crippen LogP contribution is 2.10. The maximum atomic E-state index is 8.36. The van der Waals surface area contributed by atoms with Crippen LogP contribution in [0.5, 0.6) is 5.88 Å². The molecular formula is C11H17NO3. The maximum absolute atomic E-state index is 8.36. The van der Waals surface area contributed by atoms with E-state index in [0.29, 0.717) is 5.88 Å². The molecule has 0 spiro atoms. The van der Waals surface area contributed by atoms with E-state index in [1.165, 1.54) is 18.4 Å². The smallest absolute Gasteiger partial charge is 0.290 e. The quantitative estimate of drug-likeness (QED) is 0.775. The highest BCUT2D eigenvalue weighted by molar-refractivity contribution is 5.32. The van der Waals surface area contributed by atoms with E-state index < -0.39 is 0 Å². The summed E-state index contributed by atoms with van der Waals surface area (Å²) in [7, 11) is 1.64. The predicted octanol–water partition coefficient (Wildman–Crippen LogP) is 2.13. The fourth-order valence-corrected chi connectivity index (χ4v) is 1.10. The monoisotopic (exact) mass is 211 g/mol. The van der Waals surface area contributed by atoms with Gasteiger partial charge in [0.25, 0.3) is 6.47 Å². The number of aryl methyl sites for hydroxylation is 1. The Bertz CT molecular complexity index is 276. The second kappa shape index (κ2) is 8.99. The molecule has 4 nitrogen and oxygen atoms in total. The summed E-state index contributed by atoms with van der Waals surface area (Å²) < 4.78 is 5.02. The highest BCUT2D eigenvalue weighted by Gasteiger charge is 1.95. The van der Waals surface area contributed by atoms with Crippen molar-refractivity contribution >= 4 is 6.47 Å². The molecule has 0 fully saturated rings. The molecule has 0 radical (unpaired) electrons. The fraction of sp³-hybridized carbons (Fsp3) is 0.455. The molecule has 1 rings (SSSR count). The first-order chi connectivity index (χ1) is 7.28. The van der Waals surface area contributed by atoms with Crippen molar-refractivity contribution in [2.24, 2.45) is 0 Å². The van der Waals surface area contributed by atoms with Crippen LogP contribution in [0.25, 0.3) is 0 Å². The number of rotatable bonds is 4. The minimum Gasteiger partial charge on any atom is -0.483 e. The average Bonchev–Trinajstić information content (AvgIpc) is 2.28. The predicted molar refractivity (Wildman–Crippen MR) is 58.1 cm³/mol. The first-order valence-corrected chi connectivity index (χ1v) is 4.85. The van der Waals surface area contributed by atoms with Crippen LogP contribution in [0.4, 0.5) is 0 Å². The Hall–Kier alpha value is -1.58. The van der Waals surface area contributed by atoms with Crippen molar-refractivity contribution in [1.82, 2.24) is 4.98 Å². The highest BCUT2D eigenvalue weighted by atomic mass is 16.5. The third-order valence-electron chi connectivity index (χ3n) is 1.83. The van der Waals surface area contributed by atoms with Gasteiger partial charge in [0.1, 0.15) is 0 Å². The molecule has 1 aromatic heterocycles. The molecular weight excluding hydrogens is 194 g/mol. The Kier molecular flexibility index (Phi) is 8.05. The van der Waals surface area contributed by atoms with Crippen LogP contribution in [-0.4, -0.2) is 23.7 Å². The van der Waals surface area contributed by atoms with Crippen LogP contribution in [0.15, 0.2) is 18.3 Å². The van der Waals surface area contributed by atoms with Crippen molar-refractivity contribution < 1.29 is 14.6 Å². The molecule has 0 unspecified atom stereocenters. The van der Waals surface area contributed by atoms with Gasteiger partial charge < -0.3 is 9.84 Å². The molecule has 15 heavy (non-hydrogen) atoms. The van der Waals surface area contributed by atoms with Crippen LogP contribution < -0.4 is 4.74 Å². The number of aromatic nitrogens is 1. The van der Waals surface area contributed by atoms with Gasteiger partial charge in [-0.15, -0.1) is 0 Å². The molecule has 1 heterocycles. The van der Waals surface area contributed by atoms with Crippen LogP contribution in [0.3, 0.4) is 0 Å². The number of carboxylic acid groups (broad SMARTS) is 1. The van der Waals surface area contributed by atoms with E-state index in [9.17, 15) is 0 Å². The summed E-state index contributed by atoms with van der Waals surface area (Å²) in [4.78, 5) is 12.4. The Morgan fingerprint density at radius 2 is 2.27 bits per heavy atom. The lowest BCUT2D eigenvalue weighted by atomic mass is 10.1. The lowest BCUT2D eigenvalue weighted by molar-refractivity contribution is -0.122. The number of unbranched alkanes of at least 4 members (excludes halogenated alkanes) is 1. The maximum Gasteiger partial charge on any atom is 0.290 e. The number of hydrogen-bond acceptors (Lipinski definition) is 3. The number of nitrogens with zero attached hydrogens (tertiary/aromatic N) is 1. The summed E-state index contributed by atoms with van der Waals surface area (Å²) in [6.07, 6.45) is 5.37. The lowest BCUT2D eigenvalue weighted by Crippen LogP contribution is -1.90. The molecule has 0 aliphatic heterocycles. The largest absolute Gasteiger partial charge is 0.483 e. The number of carbonyl (C=O) groups is 1. The van der Waals surface area contributed by atoms with E-state index in [2.05, 4.69) is 11.9 Å². The van der Waals surface area contributed by atoms with E-state index in [0.717, 1.165) is 6.42 Å². The molecule has 1 aromatic rings. The van der Waals surface area contributed by atoms with Crippen LogP contribution in [0.2, 0.25) is 0 Å². The zero-order valence-corrected chi connectivity index (χ0v) is 9.14. The van der Waals surface area contributed by atoms with Crippen molar-refractivity contribution in [3.8, 4) is 5.88 Å². The standard InChI is InChI=1S/C10H15NO.CH2O2/c1-3-4-5-9-6-7-11-10(8-9)12-2;2-1-3/h6-8H,3-5H2,1-2H3;1H,(H,2,3). The summed E-state index contributed by atoms with van der Waals surface area (Å²) in [6, 6.07) is 4.04. The molecule has 84 valence electrons. The van der Waals surface area contributed by atoms with Crippen LogP contribution in [-0.2, 0) is 11.2 Å². The fourth-order valence-electron chi connectivity index (χ4n) is 1.10. The molecule has 0 aromatic carbocycles. The van der Waals surface area contributed by atoms with Crippen molar-refractivity contribution in [3.63, 3.8) is 0 Å². The molecule has 4 heteroatoms. The summed E-state index contributed by atoms with van der Waals surface area (Å²) in [5.74, 6) is 0.712. The van der Waals surface area contributed by atoms with E-state index in [-0.39, 0.29) is 6.47 Å². The lowest BCUT2D eigenvalue weighted by Gasteiger charge is -2.01. The minimum atomic E-state index is -0.250. The zero-order valence-electron chi connectivity index (χ0n) is 9.14. The molecule has 0 aliphatic carbocycles. The summed E-state index contributed by atoms with van der Waals surface area (Å²) in [5.41, 5.74) is 1.31. The molecule has 0 aliphatic rings. The zero-order chi connectivity index (χ0) is 11.5. The van der Waals surface area contributed by atoms with Gasteiger partial charge in [0.05, 0.1) is 7.11 Å². The van der Waals surface area contributed by atoms with E-state index in [1.54, 1.807) is 13.3 Å². The van der Waals surface area contributed by atoms with Crippen LogP contribution in [0, 0.1) is 0 Å². The van der Waals surface area contributed by atoms with Gasteiger partial charge >= 0.3 is 0 Å². The third kappa shape index (κ3) is 6.49. The number of ether oxygens (including phenoxy) is 1. The topological polar surface area (TPSA) is 59.4 Å². The Morgan fingerprint density at radius 3 is 2.80 bits per heavy atom. The van der Waals surface area contributed by atoms with Crippen molar-refractivity contribution in [1.29, 1.82) is 0 Å². The third-order valence-corrected chi connectivity index (χ3v) is 1.83. The van der Waals surface area contributed by atoms with E-state index >= 15 is 0 Å². The molecule has 0 saturated heterocycles. The van der Waals surface area contributed by atoms with Gasteiger partial charge in [-0.05, 0) is 24.5 Å². The first kappa shape index (κ1) is 13.4. The molecule has 0 saturated carbocycles. The first-order valence-electron chi connectivity index (χ1n) is 4.85. The van der Waals surface area contributed by atoms with Gasteiger partial charge in [-0.2, -0.15) is 0 Å². The van der Waals surface area contributed by atoms with Gasteiger partial charge in [-0.1, -0.05) is 13.3 Å². The Morgan fingerprint density at radius 1 is 1.60 bits per heavy atom. The normalized spacial score (nSPS) is 8.67. The Labute approximate surface area is 89.9 Å². The van der Waals surface area contributed by atoms with Gasteiger partial charge in [-0.3, -0.25) is 4.79 Å². The molecule has 0 atom stereocenters. The van der Waals surface area contributed by atoms with E-state index in [4.69, 9.17) is 14.6 Å². The van der Waals surface area contributed by atoms with Gasteiger partial charge in [0.15, 0.2) is 0 Å². The van der Waals surface area contributed by atoms with Gasteiger partial charge in [0.2, 0.25) is 5.88 Å². The summed E-state index contributed by atoms with van der Waals surface area (Å²) >= 11 is 0. The Balaban J connectivity index is 0.000000583.